The van der Waals surface area contributed by atoms with Crippen LogP contribution in [0.3, 0.4) is 0 Å². The minimum Gasteiger partial charge on any atom is -0.490 e. The lowest BCUT2D eigenvalue weighted by Crippen LogP contribution is -2.13. The number of amides is 1. The highest BCUT2D eigenvalue weighted by Gasteiger charge is 2.10. The van der Waals surface area contributed by atoms with E-state index in [1.54, 1.807) is 42.6 Å². The third-order valence-electron chi connectivity index (χ3n) is 2.62. The highest BCUT2D eigenvalue weighted by molar-refractivity contribution is 6.02. The van der Waals surface area contributed by atoms with Gasteiger partial charge in [-0.2, -0.15) is 5.26 Å². The van der Waals surface area contributed by atoms with Gasteiger partial charge < -0.3 is 10.1 Å². The second kappa shape index (κ2) is 6.53. The van der Waals surface area contributed by atoms with E-state index in [1.165, 1.54) is 0 Å². The van der Waals surface area contributed by atoms with Crippen molar-refractivity contribution in [2.24, 2.45) is 0 Å². The van der Waals surface area contributed by atoms with E-state index in [4.69, 9.17) is 10.00 Å². The summed E-state index contributed by atoms with van der Waals surface area (Å²) in [5.74, 6) is 0.181. The highest BCUT2D eigenvalue weighted by Crippen LogP contribution is 2.23. The molecule has 0 bridgehead atoms. The quantitative estimate of drug-likeness (QED) is 0.934. The molecule has 0 saturated heterocycles. The lowest BCUT2D eigenvalue weighted by molar-refractivity contribution is 0.102. The highest BCUT2D eigenvalue weighted by atomic mass is 16.5. The monoisotopic (exact) mass is 281 g/mol. The van der Waals surface area contributed by atoms with Crippen molar-refractivity contribution in [1.29, 1.82) is 5.26 Å². The first-order valence-electron chi connectivity index (χ1n) is 6.53. The second-order valence-corrected chi connectivity index (χ2v) is 4.66. The molecule has 1 amide bonds. The van der Waals surface area contributed by atoms with Gasteiger partial charge in [0.25, 0.3) is 5.91 Å². The van der Waals surface area contributed by atoms with Crippen LogP contribution in [0.1, 0.15) is 29.9 Å². The van der Waals surface area contributed by atoms with Crippen molar-refractivity contribution in [2.75, 3.05) is 5.32 Å². The van der Waals surface area contributed by atoms with Gasteiger partial charge in [-0.3, -0.25) is 9.78 Å². The molecule has 5 nitrogen and oxygen atoms in total. The third kappa shape index (κ3) is 3.80. The predicted molar refractivity (Wildman–Crippen MR) is 79.1 cm³/mol. The van der Waals surface area contributed by atoms with Gasteiger partial charge in [0.1, 0.15) is 17.5 Å². The number of carbonyl (C=O) groups excluding carboxylic acids is 1. The summed E-state index contributed by atoms with van der Waals surface area (Å²) in [6, 6.07) is 12.1. The van der Waals surface area contributed by atoms with Crippen LogP contribution >= 0.6 is 0 Å². The van der Waals surface area contributed by atoms with Gasteiger partial charge in [0.2, 0.25) is 0 Å². The van der Waals surface area contributed by atoms with Crippen LogP contribution in [0.25, 0.3) is 0 Å². The molecule has 0 fully saturated rings. The number of benzene rings is 1. The lowest BCUT2D eigenvalue weighted by Gasteiger charge is -2.12. The standard InChI is InChI=1S/C16H15N3O2/c1-11(2)21-15-7-6-13(9-12(15)10-17)19-16(20)14-5-3-4-8-18-14/h3-9,11H,1-2H3,(H,19,20). The Morgan fingerprint density at radius 1 is 1.33 bits per heavy atom. The Hall–Kier alpha value is -2.87. The number of nitrogens with zero attached hydrogens (tertiary/aromatic N) is 2. The molecule has 0 aliphatic heterocycles. The van der Waals surface area contributed by atoms with Crippen molar-refractivity contribution < 1.29 is 9.53 Å². The smallest absolute Gasteiger partial charge is 0.274 e. The number of nitrogens with one attached hydrogen (secondary N) is 1. The molecule has 0 spiro atoms. The molecule has 21 heavy (non-hydrogen) atoms. The molecule has 0 aliphatic carbocycles. The first-order chi connectivity index (χ1) is 10.1. The van der Waals surface area contributed by atoms with Crippen molar-refractivity contribution in [2.45, 2.75) is 20.0 Å². The van der Waals surface area contributed by atoms with Gasteiger partial charge in [-0.15, -0.1) is 0 Å². The molecule has 1 aromatic heterocycles. The Labute approximate surface area is 123 Å². The first-order valence-corrected chi connectivity index (χ1v) is 6.53. The maximum Gasteiger partial charge on any atom is 0.274 e. The fourth-order valence-electron chi connectivity index (χ4n) is 1.74. The SMILES string of the molecule is CC(C)Oc1ccc(NC(=O)c2ccccn2)cc1C#N. The fourth-order valence-corrected chi connectivity index (χ4v) is 1.74. The van der Waals surface area contributed by atoms with Crippen molar-refractivity contribution in [3.63, 3.8) is 0 Å². The summed E-state index contributed by atoms with van der Waals surface area (Å²) in [5, 5.41) is 11.9. The summed E-state index contributed by atoms with van der Waals surface area (Å²) in [6.07, 6.45) is 1.53. The fraction of sp³-hybridized carbons (Fsp3) is 0.188. The van der Waals surface area contributed by atoms with E-state index >= 15 is 0 Å². The van der Waals surface area contributed by atoms with Gasteiger partial charge in [0.05, 0.1) is 11.7 Å². The largest absolute Gasteiger partial charge is 0.490 e. The first kappa shape index (κ1) is 14.5. The van der Waals surface area contributed by atoms with Crippen LogP contribution in [0.15, 0.2) is 42.6 Å². The molecular weight excluding hydrogens is 266 g/mol. The summed E-state index contributed by atoms with van der Waals surface area (Å²) in [4.78, 5) is 16.0. The minimum atomic E-state index is -0.322. The van der Waals surface area contributed by atoms with Crippen LogP contribution in [0.2, 0.25) is 0 Å². The van der Waals surface area contributed by atoms with Crippen molar-refractivity contribution in [3.05, 3.63) is 53.9 Å². The molecule has 0 radical (unpaired) electrons. The maximum absolute atomic E-state index is 12.0. The molecule has 1 heterocycles. The molecule has 1 N–H and O–H groups in total. The lowest BCUT2D eigenvalue weighted by atomic mass is 10.2. The average Bonchev–Trinajstić information content (AvgIpc) is 2.49. The maximum atomic E-state index is 12.0. The van der Waals surface area contributed by atoms with Gasteiger partial charge in [-0.1, -0.05) is 6.07 Å². The zero-order valence-electron chi connectivity index (χ0n) is 11.8. The number of hydrogen-bond acceptors (Lipinski definition) is 4. The van der Waals surface area contributed by atoms with Gasteiger partial charge >= 0.3 is 0 Å². The van der Waals surface area contributed by atoms with Gasteiger partial charge in [-0.05, 0) is 44.2 Å². The van der Waals surface area contributed by atoms with Crippen LogP contribution in [0, 0.1) is 11.3 Å². The van der Waals surface area contributed by atoms with Crippen LogP contribution in [-0.2, 0) is 0 Å². The summed E-state index contributed by atoms with van der Waals surface area (Å²) >= 11 is 0. The molecule has 0 unspecified atom stereocenters. The predicted octanol–water partition coefficient (Wildman–Crippen LogP) is 2.99. The number of nitriles is 1. The Morgan fingerprint density at radius 2 is 2.14 bits per heavy atom. The minimum absolute atomic E-state index is 0.0222. The Kier molecular flexibility index (Phi) is 4.52. The van der Waals surface area contributed by atoms with Gasteiger partial charge in [-0.25, -0.2) is 0 Å². The molecule has 0 saturated carbocycles. The number of rotatable bonds is 4. The average molecular weight is 281 g/mol. The topological polar surface area (TPSA) is 75.0 Å². The number of anilines is 1. The van der Waals surface area contributed by atoms with Crippen molar-refractivity contribution in [1.82, 2.24) is 4.98 Å². The molecule has 0 atom stereocenters. The van der Waals surface area contributed by atoms with Crippen LogP contribution in [0.5, 0.6) is 5.75 Å². The van der Waals surface area contributed by atoms with Crippen molar-refractivity contribution in [3.8, 4) is 11.8 Å². The summed E-state index contributed by atoms with van der Waals surface area (Å²) in [5.41, 5.74) is 1.22. The molecule has 106 valence electrons. The normalized spacial score (nSPS) is 10.0. The Balaban J connectivity index is 2.18. The third-order valence-corrected chi connectivity index (χ3v) is 2.62. The van der Waals surface area contributed by atoms with E-state index in [9.17, 15) is 4.79 Å². The van der Waals surface area contributed by atoms with E-state index in [0.29, 0.717) is 22.7 Å². The number of hydrogen-bond donors (Lipinski definition) is 1. The zero-order chi connectivity index (χ0) is 15.2. The molecule has 2 rings (SSSR count). The second-order valence-electron chi connectivity index (χ2n) is 4.66. The van der Waals surface area contributed by atoms with Gasteiger partial charge in [0, 0.05) is 11.9 Å². The summed E-state index contributed by atoms with van der Waals surface area (Å²) < 4.78 is 5.53. The van der Waals surface area contributed by atoms with Crippen LogP contribution in [0.4, 0.5) is 5.69 Å². The number of carbonyl (C=O) groups is 1. The number of ether oxygens (including phenoxy) is 1. The van der Waals surface area contributed by atoms with E-state index in [-0.39, 0.29) is 12.0 Å². The Morgan fingerprint density at radius 3 is 2.76 bits per heavy atom. The van der Waals surface area contributed by atoms with Crippen LogP contribution in [-0.4, -0.2) is 17.0 Å². The van der Waals surface area contributed by atoms with E-state index in [0.717, 1.165) is 0 Å². The van der Waals surface area contributed by atoms with E-state index in [1.807, 2.05) is 13.8 Å². The summed E-state index contributed by atoms with van der Waals surface area (Å²) in [7, 11) is 0. The van der Waals surface area contributed by atoms with E-state index in [2.05, 4.69) is 16.4 Å². The van der Waals surface area contributed by atoms with Gasteiger partial charge in [0.15, 0.2) is 0 Å². The number of pyridine rings is 1. The Bertz CT molecular complexity index is 676. The molecule has 0 aliphatic rings. The van der Waals surface area contributed by atoms with Crippen molar-refractivity contribution >= 4 is 11.6 Å². The van der Waals surface area contributed by atoms with Crippen LogP contribution < -0.4 is 10.1 Å². The zero-order valence-corrected chi connectivity index (χ0v) is 11.8. The van der Waals surface area contributed by atoms with E-state index < -0.39 is 0 Å². The molecule has 1 aromatic carbocycles. The molecule has 2 aromatic rings. The summed E-state index contributed by atoms with van der Waals surface area (Å²) in [6.45, 7) is 3.77. The molecular formula is C16H15N3O2. The number of aromatic nitrogens is 1. The molecule has 5 heteroatoms.